The van der Waals surface area contributed by atoms with Crippen LogP contribution in [0.4, 0.5) is 0 Å². The normalized spacial score (nSPS) is 12.7. The van der Waals surface area contributed by atoms with E-state index >= 15 is 0 Å². The number of nitrogens with zero attached hydrogens (tertiary/aromatic N) is 3. The molecular weight excluding hydrogens is 238 g/mol. The van der Waals surface area contributed by atoms with E-state index in [1.54, 1.807) is 0 Å². The van der Waals surface area contributed by atoms with Crippen LogP contribution in [0.1, 0.15) is 0 Å². The second-order valence-electron chi connectivity index (χ2n) is 2.00. The number of rotatable bonds is 2. The molecule has 2 N–H and O–H groups in total. The maximum absolute atomic E-state index is 10.4. The molecule has 0 fully saturated rings. The predicted octanol–water partition coefficient (Wildman–Crippen LogP) is -1.63. The molecular formula is C3H3N3O6S2. The van der Waals surface area contributed by atoms with Gasteiger partial charge in [0.15, 0.2) is 0 Å². The molecule has 0 saturated carbocycles. The summed E-state index contributed by atoms with van der Waals surface area (Å²) in [5.74, 6) is 0. The van der Waals surface area contributed by atoms with Crippen molar-refractivity contribution in [3.05, 3.63) is 6.33 Å². The van der Waals surface area contributed by atoms with Gasteiger partial charge in [-0.15, -0.1) is 0 Å². The molecule has 1 rings (SSSR count). The van der Waals surface area contributed by atoms with Crippen molar-refractivity contribution in [3.8, 4) is 0 Å². The highest BCUT2D eigenvalue weighted by molar-refractivity contribution is 7.86. The molecule has 0 atom stereocenters. The van der Waals surface area contributed by atoms with Gasteiger partial charge >= 0.3 is 20.2 Å². The third-order valence-electron chi connectivity index (χ3n) is 0.989. The summed E-state index contributed by atoms with van der Waals surface area (Å²) < 4.78 is 58.6. The average molecular weight is 241 g/mol. The minimum Gasteiger partial charge on any atom is -0.279 e. The van der Waals surface area contributed by atoms with Crippen LogP contribution >= 0.6 is 0 Å². The first kappa shape index (κ1) is 10.9. The van der Waals surface area contributed by atoms with E-state index in [0.29, 0.717) is 6.33 Å². The molecule has 0 aliphatic heterocycles. The minimum absolute atomic E-state index is 0.527. The predicted molar refractivity (Wildman–Crippen MR) is 39.5 cm³/mol. The zero-order valence-electron chi connectivity index (χ0n) is 6.26. The Hall–Kier alpha value is -1.17. The first-order valence-corrected chi connectivity index (χ1v) is 5.73. The van der Waals surface area contributed by atoms with Gasteiger partial charge in [0, 0.05) is 0 Å². The van der Waals surface area contributed by atoms with Gasteiger partial charge in [0.25, 0.3) is 10.3 Å². The molecule has 11 heteroatoms. The number of aromatic nitrogens is 3. The molecule has 0 aromatic carbocycles. The molecule has 0 unspecified atom stereocenters. The molecule has 0 aliphatic carbocycles. The topological polar surface area (TPSA) is 147 Å². The Morgan fingerprint density at radius 3 is 1.57 bits per heavy atom. The molecule has 0 radical (unpaired) electrons. The summed E-state index contributed by atoms with van der Waals surface area (Å²) >= 11 is 0. The van der Waals surface area contributed by atoms with Gasteiger partial charge in [-0.25, -0.2) is 9.97 Å². The summed E-state index contributed by atoms with van der Waals surface area (Å²) in [6.07, 6.45) is 0.527. The summed E-state index contributed by atoms with van der Waals surface area (Å²) in [6.45, 7) is 0. The van der Waals surface area contributed by atoms with Crippen molar-refractivity contribution in [2.75, 3.05) is 0 Å². The van der Waals surface area contributed by atoms with Gasteiger partial charge in [0.05, 0.1) is 0 Å². The van der Waals surface area contributed by atoms with Crippen molar-refractivity contribution in [1.82, 2.24) is 15.0 Å². The maximum Gasteiger partial charge on any atom is 0.330 e. The fourth-order valence-electron chi connectivity index (χ4n) is 0.516. The van der Waals surface area contributed by atoms with E-state index in [1.165, 1.54) is 0 Å². The highest BCUT2D eigenvalue weighted by Crippen LogP contribution is 2.03. The van der Waals surface area contributed by atoms with Crippen molar-refractivity contribution in [3.63, 3.8) is 0 Å². The molecule has 1 aromatic heterocycles. The Kier molecular flexibility index (Phi) is 2.49. The van der Waals surface area contributed by atoms with E-state index in [1.807, 2.05) is 0 Å². The van der Waals surface area contributed by atoms with E-state index in [4.69, 9.17) is 9.11 Å². The molecule has 0 bridgehead atoms. The zero-order chi connectivity index (χ0) is 11.0. The lowest BCUT2D eigenvalue weighted by atomic mass is 11.1. The van der Waals surface area contributed by atoms with Crippen molar-refractivity contribution >= 4 is 20.2 Å². The highest BCUT2D eigenvalue weighted by atomic mass is 32.2. The molecule has 0 amide bonds. The van der Waals surface area contributed by atoms with Crippen molar-refractivity contribution in [2.24, 2.45) is 0 Å². The van der Waals surface area contributed by atoms with E-state index in [9.17, 15) is 16.8 Å². The van der Waals surface area contributed by atoms with Crippen LogP contribution in [0.25, 0.3) is 0 Å². The smallest absolute Gasteiger partial charge is 0.279 e. The molecule has 1 heterocycles. The van der Waals surface area contributed by atoms with Gasteiger partial charge in [0.2, 0.25) is 0 Å². The monoisotopic (exact) mass is 241 g/mol. The van der Waals surface area contributed by atoms with Crippen LogP contribution in [-0.2, 0) is 20.2 Å². The van der Waals surface area contributed by atoms with Gasteiger partial charge in [-0.05, 0) is 0 Å². The molecule has 0 saturated heterocycles. The number of hydrogen-bond acceptors (Lipinski definition) is 7. The lowest BCUT2D eigenvalue weighted by Crippen LogP contribution is -2.11. The largest absolute Gasteiger partial charge is 0.330 e. The highest BCUT2D eigenvalue weighted by Gasteiger charge is 2.20. The Bertz CT molecular complexity index is 500. The standard InChI is InChI=1S/C3H3N3O6S2/c7-13(8,9)2-4-1-5-3(6-2)14(10,11)12/h1H,(H,7,8,9)(H,10,11,12). The molecule has 78 valence electrons. The van der Waals surface area contributed by atoms with Crippen LogP contribution in [0.3, 0.4) is 0 Å². The van der Waals surface area contributed by atoms with Crippen molar-refractivity contribution in [1.29, 1.82) is 0 Å². The van der Waals surface area contributed by atoms with Gasteiger partial charge in [0.1, 0.15) is 6.33 Å². The molecule has 9 nitrogen and oxygen atoms in total. The summed E-state index contributed by atoms with van der Waals surface area (Å²) in [6, 6.07) is 0. The van der Waals surface area contributed by atoms with E-state index in [2.05, 4.69) is 15.0 Å². The van der Waals surface area contributed by atoms with Crippen LogP contribution in [0.5, 0.6) is 0 Å². The lowest BCUT2D eigenvalue weighted by Gasteiger charge is -1.96. The van der Waals surface area contributed by atoms with Crippen LogP contribution in [0.15, 0.2) is 16.6 Å². The first-order chi connectivity index (χ1) is 6.21. The average Bonchev–Trinajstić information content (AvgIpc) is 2.01. The van der Waals surface area contributed by atoms with Gasteiger partial charge in [-0.3, -0.25) is 9.11 Å². The quantitative estimate of drug-likeness (QED) is 0.581. The van der Waals surface area contributed by atoms with Crippen molar-refractivity contribution < 1.29 is 25.9 Å². The third kappa shape index (κ3) is 2.41. The second-order valence-corrected chi connectivity index (χ2v) is 4.63. The lowest BCUT2D eigenvalue weighted by molar-refractivity contribution is 0.460. The fraction of sp³-hybridized carbons (Fsp3) is 0. The van der Waals surface area contributed by atoms with E-state index in [-0.39, 0.29) is 0 Å². The van der Waals surface area contributed by atoms with Crippen LogP contribution in [0, 0.1) is 0 Å². The SMILES string of the molecule is O=S(=O)(O)c1ncnc(S(=O)(=O)O)n1. The molecule has 1 aromatic rings. The first-order valence-electron chi connectivity index (χ1n) is 2.85. The van der Waals surface area contributed by atoms with Gasteiger partial charge < -0.3 is 0 Å². The van der Waals surface area contributed by atoms with Crippen LogP contribution in [-0.4, -0.2) is 40.9 Å². The second kappa shape index (κ2) is 3.20. The van der Waals surface area contributed by atoms with E-state index < -0.39 is 30.5 Å². The third-order valence-corrected chi connectivity index (χ3v) is 2.31. The molecule has 0 aliphatic rings. The Labute approximate surface area is 78.3 Å². The summed E-state index contributed by atoms with van der Waals surface area (Å²) in [5, 5.41) is -2.31. The van der Waals surface area contributed by atoms with Crippen molar-refractivity contribution in [2.45, 2.75) is 10.3 Å². The fourth-order valence-corrected chi connectivity index (χ4v) is 1.34. The van der Waals surface area contributed by atoms with Gasteiger partial charge in [-0.1, -0.05) is 0 Å². The Balaban J connectivity index is 3.44. The summed E-state index contributed by atoms with van der Waals surface area (Å²) in [7, 11) is -9.45. The Morgan fingerprint density at radius 2 is 1.29 bits per heavy atom. The molecule has 14 heavy (non-hydrogen) atoms. The van der Waals surface area contributed by atoms with E-state index in [0.717, 1.165) is 0 Å². The minimum atomic E-state index is -4.72. The van der Waals surface area contributed by atoms with Gasteiger partial charge in [-0.2, -0.15) is 21.8 Å². The maximum atomic E-state index is 10.4. The zero-order valence-corrected chi connectivity index (χ0v) is 7.90. The summed E-state index contributed by atoms with van der Waals surface area (Å²) in [4.78, 5) is 8.79. The van der Waals surface area contributed by atoms with Crippen LogP contribution in [0.2, 0.25) is 0 Å². The summed E-state index contributed by atoms with van der Waals surface area (Å²) in [5.41, 5.74) is 0. The van der Waals surface area contributed by atoms with Crippen LogP contribution < -0.4 is 0 Å². The number of hydrogen-bond donors (Lipinski definition) is 2. The Morgan fingerprint density at radius 1 is 0.929 bits per heavy atom. The molecule has 0 spiro atoms.